The summed E-state index contributed by atoms with van der Waals surface area (Å²) in [6, 6.07) is 0. The van der Waals surface area contributed by atoms with Crippen LogP contribution in [-0.4, -0.2) is 48.5 Å². The van der Waals surface area contributed by atoms with Gasteiger partial charge in [-0.2, -0.15) is 0 Å². The van der Waals surface area contributed by atoms with Crippen LogP contribution in [0.4, 0.5) is 0 Å². The van der Waals surface area contributed by atoms with Gasteiger partial charge >= 0.3 is 0 Å². The molecule has 2 N–H and O–H groups in total. The number of ether oxygens (including phenoxy) is 1. The maximum atomic E-state index is 12.6. The number of nitrogens with two attached hydrogens (primary N) is 1. The third-order valence-electron chi connectivity index (χ3n) is 4.41. The first-order chi connectivity index (χ1) is 10.4. The zero-order valence-electron chi connectivity index (χ0n) is 13.3. The van der Waals surface area contributed by atoms with Gasteiger partial charge in [0.1, 0.15) is 4.88 Å². The van der Waals surface area contributed by atoms with Crippen molar-refractivity contribution in [1.82, 2.24) is 9.88 Å². The first-order valence-electron chi connectivity index (χ1n) is 7.42. The molecule has 0 aromatic carbocycles. The van der Waals surface area contributed by atoms with E-state index in [1.807, 2.05) is 13.8 Å². The monoisotopic (exact) mass is 325 g/mol. The maximum absolute atomic E-state index is 12.6. The zero-order chi connectivity index (χ0) is 16.3. The number of aromatic nitrogens is 1. The van der Waals surface area contributed by atoms with Crippen LogP contribution < -0.4 is 5.73 Å². The van der Waals surface area contributed by atoms with E-state index in [9.17, 15) is 9.59 Å². The highest BCUT2D eigenvalue weighted by atomic mass is 32.1. The summed E-state index contributed by atoms with van der Waals surface area (Å²) < 4.78 is 5.09. The molecule has 2 rings (SSSR count). The summed E-state index contributed by atoms with van der Waals surface area (Å²) in [4.78, 5) is 31.2. The second-order valence-corrected chi connectivity index (χ2v) is 7.03. The molecule has 0 radical (unpaired) electrons. The fourth-order valence-electron chi connectivity index (χ4n) is 2.93. The van der Waals surface area contributed by atoms with Crippen molar-refractivity contribution in [2.24, 2.45) is 11.1 Å². The number of piperidine rings is 1. The lowest BCUT2D eigenvalue weighted by Gasteiger charge is -2.39. The average Bonchev–Trinajstić information content (AvgIpc) is 2.83. The van der Waals surface area contributed by atoms with Crippen LogP contribution in [0.25, 0.3) is 0 Å². The summed E-state index contributed by atoms with van der Waals surface area (Å²) in [6.45, 7) is 5.34. The molecule has 0 unspecified atom stereocenters. The summed E-state index contributed by atoms with van der Waals surface area (Å²) in [6.07, 6.45) is 1.79. The van der Waals surface area contributed by atoms with E-state index >= 15 is 0 Å². The molecule has 1 aliphatic rings. The van der Waals surface area contributed by atoms with E-state index in [0.717, 1.165) is 10.7 Å². The minimum atomic E-state index is -0.550. The Labute approximate surface area is 134 Å². The first-order valence-corrected chi connectivity index (χ1v) is 8.23. The molecule has 2 heterocycles. The number of rotatable bonds is 5. The Morgan fingerprint density at radius 2 is 2.00 bits per heavy atom. The molecule has 0 saturated carbocycles. The highest BCUT2D eigenvalue weighted by Gasteiger charge is 2.40. The van der Waals surface area contributed by atoms with Crippen LogP contribution in [0.15, 0.2) is 0 Å². The molecule has 1 fully saturated rings. The van der Waals surface area contributed by atoms with Gasteiger partial charge in [0.15, 0.2) is 0 Å². The topological polar surface area (TPSA) is 85.5 Å². The largest absolute Gasteiger partial charge is 0.385 e. The van der Waals surface area contributed by atoms with E-state index in [4.69, 9.17) is 10.5 Å². The van der Waals surface area contributed by atoms with Crippen molar-refractivity contribution in [3.8, 4) is 0 Å². The molecule has 0 aliphatic carbocycles. The number of amides is 2. The molecule has 0 bridgehead atoms. The van der Waals surface area contributed by atoms with Gasteiger partial charge in [-0.25, -0.2) is 4.98 Å². The number of thiazole rings is 1. The smallest absolute Gasteiger partial charge is 0.265 e. The van der Waals surface area contributed by atoms with Gasteiger partial charge in [-0.3, -0.25) is 9.59 Å². The Balaban J connectivity index is 2.06. The van der Waals surface area contributed by atoms with Crippen LogP contribution in [0.5, 0.6) is 0 Å². The fourth-order valence-corrected chi connectivity index (χ4v) is 3.82. The first kappa shape index (κ1) is 16.9. The molecule has 1 saturated heterocycles. The highest BCUT2D eigenvalue weighted by molar-refractivity contribution is 7.13. The summed E-state index contributed by atoms with van der Waals surface area (Å²) in [5.74, 6) is -0.283. The lowest BCUT2D eigenvalue weighted by molar-refractivity contribution is -0.131. The van der Waals surface area contributed by atoms with Crippen LogP contribution in [-0.2, 0) is 9.53 Å². The number of carbonyl (C=O) groups excluding carboxylic acids is 2. The molecule has 22 heavy (non-hydrogen) atoms. The van der Waals surface area contributed by atoms with Gasteiger partial charge in [-0.05, 0) is 33.1 Å². The van der Waals surface area contributed by atoms with Gasteiger partial charge in [0.2, 0.25) is 5.91 Å². The van der Waals surface area contributed by atoms with Gasteiger partial charge < -0.3 is 15.4 Å². The Morgan fingerprint density at radius 3 is 2.45 bits per heavy atom. The van der Waals surface area contributed by atoms with E-state index in [2.05, 4.69) is 4.98 Å². The Bertz CT molecular complexity index is 562. The van der Waals surface area contributed by atoms with Crippen molar-refractivity contribution in [2.75, 3.05) is 26.8 Å². The zero-order valence-corrected chi connectivity index (χ0v) is 14.2. The second kappa shape index (κ2) is 6.75. The van der Waals surface area contributed by atoms with Crippen molar-refractivity contribution < 1.29 is 14.3 Å². The van der Waals surface area contributed by atoms with Gasteiger partial charge in [0.05, 0.1) is 16.1 Å². The molecule has 0 atom stereocenters. The molecule has 122 valence electrons. The van der Waals surface area contributed by atoms with Crippen LogP contribution in [0, 0.1) is 19.3 Å². The van der Waals surface area contributed by atoms with E-state index in [1.165, 1.54) is 11.3 Å². The summed E-state index contributed by atoms with van der Waals surface area (Å²) in [5, 5.41) is 0.893. The number of hydrogen-bond acceptors (Lipinski definition) is 5. The molecule has 6 nitrogen and oxygen atoms in total. The Kier molecular flexibility index (Phi) is 5.18. The van der Waals surface area contributed by atoms with Crippen molar-refractivity contribution >= 4 is 23.2 Å². The minimum absolute atomic E-state index is 0.00733. The van der Waals surface area contributed by atoms with Gasteiger partial charge in [0, 0.05) is 26.8 Å². The number of hydrogen-bond donors (Lipinski definition) is 1. The molecular formula is C15H23N3O3S. The summed E-state index contributed by atoms with van der Waals surface area (Å²) in [5.41, 5.74) is 5.82. The number of nitrogens with zero attached hydrogens (tertiary/aromatic N) is 2. The molecule has 2 amide bonds. The number of aryl methyl sites for hydroxylation is 2. The predicted octanol–water partition coefficient (Wildman–Crippen LogP) is 1.50. The van der Waals surface area contributed by atoms with Crippen LogP contribution in [0.1, 0.15) is 39.6 Å². The van der Waals surface area contributed by atoms with E-state index < -0.39 is 5.41 Å². The lowest BCUT2D eigenvalue weighted by atomic mass is 9.75. The third kappa shape index (κ3) is 3.30. The summed E-state index contributed by atoms with van der Waals surface area (Å²) in [7, 11) is 1.61. The molecule has 1 aromatic heterocycles. The Morgan fingerprint density at radius 1 is 1.36 bits per heavy atom. The fraction of sp³-hybridized carbons (Fsp3) is 0.667. The average molecular weight is 325 g/mol. The van der Waals surface area contributed by atoms with E-state index in [0.29, 0.717) is 43.8 Å². The quantitative estimate of drug-likeness (QED) is 0.889. The molecular weight excluding hydrogens is 302 g/mol. The van der Waals surface area contributed by atoms with Crippen molar-refractivity contribution in [3.05, 3.63) is 15.6 Å². The predicted molar refractivity (Wildman–Crippen MR) is 84.8 cm³/mol. The second-order valence-electron chi connectivity index (χ2n) is 5.83. The lowest BCUT2D eigenvalue weighted by Crippen LogP contribution is -2.49. The third-order valence-corrected chi connectivity index (χ3v) is 5.47. The number of primary amides is 1. The highest BCUT2D eigenvalue weighted by Crippen LogP contribution is 2.35. The minimum Gasteiger partial charge on any atom is -0.385 e. The number of methoxy groups -OCH3 is 1. The van der Waals surface area contributed by atoms with Crippen LogP contribution in [0.3, 0.4) is 0 Å². The van der Waals surface area contributed by atoms with Gasteiger partial charge in [-0.15, -0.1) is 11.3 Å². The molecule has 1 aromatic rings. The molecule has 1 aliphatic heterocycles. The SMILES string of the molecule is COCCC1(C(N)=O)CCN(C(=O)c2sc(C)nc2C)CC1. The normalized spacial score (nSPS) is 17.5. The molecule has 7 heteroatoms. The number of likely N-dealkylation sites (tertiary alicyclic amines) is 1. The van der Waals surface area contributed by atoms with E-state index in [1.54, 1.807) is 12.0 Å². The summed E-state index contributed by atoms with van der Waals surface area (Å²) >= 11 is 1.42. The van der Waals surface area contributed by atoms with Crippen molar-refractivity contribution in [2.45, 2.75) is 33.1 Å². The number of carbonyl (C=O) groups is 2. The van der Waals surface area contributed by atoms with Crippen LogP contribution in [0.2, 0.25) is 0 Å². The van der Waals surface area contributed by atoms with E-state index in [-0.39, 0.29) is 11.8 Å². The van der Waals surface area contributed by atoms with Crippen molar-refractivity contribution in [1.29, 1.82) is 0 Å². The Hall–Kier alpha value is -1.47. The standard InChI is InChI=1S/C15H23N3O3S/c1-10-12(22-11(2)17-10)13(19)18-7-4-15(5-8-18,14(16)20)6-9-21-3/h4-9H2,1-3H3,(H2,16,20). The van der Waals surface area contributed by atoms with Gasteiger partial charge in [-0.1, -0.05) is 0 Å². The molecule has 0 spiro atoms. The van der Waals surface area contributed by atoms with Gasteiger partial charge in [0.25, 0.3) is 5.91 Å². The maximum Gasteiger partial charge on any atom is 0.265 e. The van der Waals surface area contributed by atoms with Crippen LogP contribution >= 0.6 is 11.3 Å². The van der Waals surface area contributed by atoms with Crippen molar-refractivity contribution in [3.63, 3.8) is 0 Å².